The Morgan fingerprint density at radius 2 is 1.90 bits per heavy atom. The van der Waals surface area contributed by atoms with Gasteiger partial charge in [0.05, 0.1) is 30.6 Å². The Morgan fingerprint density at radius 1 is 1.10 bits per heavy atom. The van der Waals surface area contributed by atoms with Crippen LogP contribution in [0.2, 0.25) is 0 Å². The summed E-state index contributed by atoms with van der Waals surface area (Å²) in [5, 5.41) is 7.01. The molecule has 210 valence electrons. The van der Waals surface area contributed by atoms with Crippen LogP contribution >= 0.6 is 12.2 Å². The lowest BCUT2D eigenvalue weighted by molar-refractivity contribution is -0.115. The summed E-state index contributed by atoms with van der Waals surface area (Å²) in [6.07, 6.45) is 2.17. The molecule has 9 nitrogen and oxygen atoms in total. The van der Waals surface area contributed by atoms with Crippen LogP contribution < -0.4 is 29.7 Å². The van der Waals surface area contributed by atoms with Gasteiger partial charge in [-0.05, 0) is 74.1 Å². The standard InChI is InChI=1S/C31H31N5O4S/c1-5-28(37)33-23-11-9-21(15-26(23)38-4)36-30(29(34-31(36)41)24-8-6-7-13-32-24)22-14-18(2)35(19(22)3)20-10-12-25-27(16-20)40-17-39-25/h6-16,29-30H,5,17H2,1-4H3,(H,33,37)(H,34,41)/t29-,30-/m1/s1. The van der Waals surface area contributed by atoms with Crippen LogP contribution in [0.5, 0.6) is 17.2 Å². The molecule has 0 radical (unpaired) electrons. The van der Waals surface area contributed by atoms with Crippen LogP contribution in [0.25, 0.3) is 5.69 Å². The van der Waals surface area contributed by atoms with Crippen molar-refractivity contribution in [3.63, 3.8) is 0 Å². The Balaban J connectivity index is 1.47. The Bertz CT molecular complexity index is 1640. The van der Waals surface area contributed by atoms with Gasteiger partial charge in [-0.1, -0.05) is 13.0 Å². The van der Waals surface area contributed by atoms with E-state index < -0.39 is 0 Å². The third kappa shape index (κ3) is 4.74. The number of carbonyl (C=O) groups is 1. The molecule has 2 aliphatic heterocycles. The van der Waals surface area contributed by atoms with Crippen molar-refractivity contribution < 1.29 is 19.0 Å². The van der Waals surface area contributed by atoms with Gasteiger partial charge < -0.3 is 34.3 Å². The molecule has 6 rings (SSSR count). The Labute approximate surface area is 244 Å². The summed E-state index contributed by atoms with van der Waals surface area (Å²) in [7, 11) is 1.59. The maximum atomic E-state index is 12.1. The summed E-state index contributed by atoms with van der Waals surface area (Å²) < 4.78 is 19.1. The second-order valence-electron chi connectivity index (χ2n) is 9.98. The zero-order valence-electron chi connectivity index (χ0n) is 23.3. The molecule has 1 saturated heterocycles. The predicted octanol–water partition coefficient (Wildman–Crippen LogP) is 5.75. The Morgan fingerprint density at radius 3 is 2.66 bits per heavy atom. The molecule has 4 heterocycles. The van der Waals surface area contributed by atoms with E-state index >= 15 is 0 Å². The van der Waals surface area contributed by atoms with Gasteiger partial charge in [0.15, 0.2) is 16.6 Å². The lowest BCUT2D eigenvalue weighted by Crippen LogP contribution is -2.29. The van der Waals surface area contributed by atoms with Crippen molar-refractivity contribution in [1.29, 1.82) is 0 Å². The zero-order chi connectivity index (χ0) is 28.7. The first kappa shape index (κ1) is 26.6. The number of benzene rings is 2. The number of nitrogens with zero attached hydrogens (tertiary/aromatic N) is 3. The number of pyridine rings is 1. The second kappa shape index (κ2) is 10.8. The molecule has 0 spiro atoms. The number of aryl methyl sites for hydroxylation is 1. The number of amides is 1. The molecule has 2 aromatic carbocycles. The molecule has 0 aliphatic carbocycles. The van der Waals surface area contributed by atoms with Gasteiger partial charge in [0, 0.05) is 47.5 Å². The molecule has 0 bridgehead atoms. The number of hydrogen-bond acceptors (Lipinski definition) is 6. The minimum Gasteiger partial charge on any atom is -0.494 e. The van der Waals surface area contributed by atoms with E-state index in [4.69, 9.17) is 26.4 Å². The lowest BCUT2D eigenvalue weighted by atomic mass is 9.96. The molecule has 4 aromatic rings. The van der Waals surface area contributed by atoms with E-state index in [1.807, 2.05) is 61.5 Å². The van der Waals surface area contributed by atoms with Crippen molar-refractivity contribution in [2.45, 2.75) is 39.3 Å². The molecular weight excluding hydrogens is 538 g/mol. The van der Waals surface area contributed by atoms with Crippen molar-refractivity contribution >= 4 is 34.6 Å². The number of ether oxygens (including phenoxy) is 3. The number of thiocarbonyl (C=S) groups is 1. The van der Waals surface area contributed by atoms with Crippen molar-refractivity contribution in [1.82, 2.24) is 14.9 Å². The van der Waals surface area contributed by atoms with E-state index in [-0.39, 0.29) is 24.8 Å². The average molecular weight is 570 g/mol. The molecule has 2 atom stereocenters. The fraction of sp³-hybridized carbons (Fsp3) is 0.258. The smallest absolute Gasteiger partial charge is 0.231 e. The quantitative estimate of drug-likeness (QED) is 0.272. The van der Waals surface area contributed by atoms with Gasteiger partial charge >= 0.3 is 0 Å². The Hall–Kier alpha value is -4.57. The van der Waals surface area contributed by atoms with Gasteiger partial charge in [-0.2, -0.15) is 0 Å². The third-order valence-electron chi connectivity index (χ3n) is 7.56. The van der Waals surface area contributed by atoms with Gasteiger partial charge in [0.25, 0.3) is 0 Å². The normalized spacial score (nSPS) is 17.5. The maximum Gasteiger partial charge on any atom is 0.231 e. The van der Waals surface area contributed by atoms with Crippen molar-refractivity contribution in [2.75, 3.05) is 24.1 Å². The van der Waals surface area contributed by atoms with E-state index in [0.29, 0.717) is 23.0 Å². The van der Waals surface area contributed by atoms with Crippen molar-refractivity contribution in [2.24, 2.45) is 0 Å². The number of fused-ring (bicyclic) bond motifs is 1. The number of hydrogen-bond donors (Lipinski definition) is 2. The summed E-state index contributed by atoms with van der Waals surface area (Å²) >= 11 is 5.95. The third-order valence-corrected chi connectivity index (χ3v) is 7.87. The molecule has 1 amide bonds. The molecule has 2 aromatic heterocycles. The van der Waals surface area contributed by atoms with Crippen LogP contribution in [0.3, 0.4) is 0 Å². The van der Waals surface area contributed by atoms with Crippen molar-refractivity contribution in [3.05, 3.63) is 89.5 Å². The lowest BCUT2D eigenvalue weighted by Gasteiger charge is -2.29. The van der Waals surface area contributed by atoms with E-state index in [2.05, 4.69) is 45.0 Å². The highest BCUT2D eigenvalue weighted by Gasteiger charge is 2.42. The minimum absolute atomic E-state index is 0.0848. The first-order valence-electron chi connectivity index (χ1n) is 13.5. The number of carbonyl (C=O) groups excluding carboxylic acids is 1. The number of anilines is 2. The maximum absolute atomic E-state index is 12.1. The van der Waals surface area contributed by atoms with E-state index in [0.717, 1.165) is 45.5 Å². The molecule has 2 aliphatic rings. The minimum atomic E-state index is -0.216. The summed E-state index contributed by atoms with van der Waals surface area (Å²) in [6, 6.07) is 19.4. The average Bonchev–Trinajstić information content (AvgIpc) is 3.68. The zero-order valence-corrected chi connectivity index (χ0v) is 24.1. The van der Waals surface area contributed by atoms with Crippen LogP contribution in [0.15, 0.2) is 66.9 Å². The molecule has 0 unspecified atom stereocenters. The Kier molecular flexibility index (Phi) is 7.00. The highest BCUT2D eigenvalue weighted by Crippen LogP contribution is 2.45. The van der Waals surface area contributed by atoms with Crippen LogP contribution in [-0.4, -0.2) is 34.5 Å². The van der Waals surface area contributed by atoms with Gasteiger partial charge in [-0.15, -0.1) is 0 Å². The number of methoxy groups -OCH3 is 1. The monoisotopic (exact) mass is 569 g/mol. The molecule has 1 fully saturated rings. The van der Waals surface area contributed by atoms with E-state index in [1.54, 1.807) is 13.3 Å². The predicted molar refractivity (Wildman–Crippen MR) is 161 cm³/mol. The van der Waals surface area contributed by atoms with Gasteiger partial charge in [0.2, 0.25) is 12.7 Å². The SMILES string of the molecule is CCC(=O)Nc1ccc(N2C(=S)N[C@H](c3ccccn3)[C@H]2c2cc(C)n(-c3ccc4c(c3)OCO4)c2C)cc1OC. The van der Waals surface area contributed by atoms with Gasteiger partial charge in [-0.3, -0.25) is 9.78 Å². The largest absolute Gasteiger partial charge is 0.494 e. The van der Waals surface area contributed by atoms with Gasteiger partial charge in [0.1, 0.15) is 5.75 Å². The number of nitrogens with one attached hydrogen (secondary N) is 2. The molecular formula is C31H31N5O4S. The van der Waals surface area contributed by atoms with Gasteiger partial charge in [-0.25, -0.2) is 0 Å². The summed E-state index contributed by atoms with van der Waals surface area (Å²) in [4.78, 5) is 18.9. The van der Waals surface area contributed by atoms with E-state index in [1.165, 1.54) is 0 Å². The first-order valence-corrected chi connectivity index (χ1v) is 13.9. The summed E-state index contributed by atoms with van der Waals surface area (Å²) in [6.45, 7) is 6.25. The van der Waals surface area contributed by atoms with Crippen LogP contribution in [0.1, 0.15) is 48.1 Å². The van der Waals surface area contributed by atoms with Crippen LogP contribution in [0.4, 0.5) is 11.4 Å². The first-order chi connectivity index (χ1) is 19.9. The molecule has 41 heavy (non-hydrogen) atoms. The number of rotatable bonds is 7. The second-order valence-corrected chi connectivity index (χ2v) is 10.4. The fourth-order valence-electron chi connectivity index (χ4n) is 5.63. The highest BCUT2D eigenvalue weighted by atomic mass is 32.1. The fourth-order valence-corrected chi connectivity index (χ4v) is 5.98. The molecule has 10 heteroatoms. The molecule has 0 saturated carbocycles. The van der Waals surface area contributed by atoms with Crippen LogP contribution in [-0.2, 0) is 4.79 Å². The van der Waals surface area contributed by atoms with Crippen molar-refractivity contribution in [3.8, 4) is 22.9 Å². The topological polar surface area (TPSA) is 89.9 Å². The summed E-state index contributed by atoms with van der Waals surface area (Å²) in [5.41, 5.74) is 6.57. The van der Waals surface area contributed by atoms with E-state index in [9.17, 15) is 4.79 Å². The van der Waals surface area contributed by atoms with Crippen LogP contribution in [0, 0.1) is 13.8 Å². The summed E-state index contributed by atoms with van der Waals surface area (Å²) in [5.74, 6) is 1.95. The number of aromatic nitrogens is 2. The highest BCUT2D eigenvalue weighted by molar-refractivity contribution is 7.80. The molecule has 2 N–H and O–H groups in total.